The van der Waals surface area contributed by atoms with Crippen molar-refractivity contribution in [1.82, 2.24) is 10.2 Å². The quantitative estimate of drug-likeness (QED) is 0.280. The highest BCUT2D eigenvalue weighted by molar-refractivity contribution is 7.92. The molecule has 0 saturated heterocycles. The summed E-state index contributed by atoms with van der Waals surface area (Å²) in [7, 11) is -4.31. The second-order valence-electron chi connectivity index (χ2n) is 9.50. The van der Waals surface area contributed by atoms with Crippen LogP contribution >= 0.6 is 23.2 Å². The van der Waals surface area contributed by atoms with Crippen molar-refractivity contribution in [3.05, 3.63) is 88.2 Å². The molecule has 0 saturated carbocycles. The highest BCUT2D eigenvalue weighted by atomic mass is 35.5. The number of ether oxygens (including phenoxy) is 1. The molecule has 0 heterocycles. The number of anilines is 1. The molecule has 41 heavy (non-hydrogen) atoms. The molecule has 0 fully saturated rings. The number of amides is 2. The van der Waals surface area contributed by atoms with Gasteiger partial charge in [0.1, 0.15) is 24.2 Å². The third kappa shape index (κ3) is 8.34. The van der Waals surface area contributed by atoms with Crippen molar-refractivity contribution >= 4 is 50.7 Å². The fourth-order valence-electron chi connectivity index (χ4n) is 3.96. The molecule has 1 atom stereocenters. The Bertz CT molecular complexity index is 1470. The van der Waals surface area contributed by atoms with Gasteiger partial charge in [-0.1, -0.05) is 29.3 Å². The molecular weight excluding hydrogens is 592 g/mol. The molecule has 8 nitrogen and oxygen atoms in total. The third-order valence-electron chi connectivity index (χ3n) is 6.05. The summed E-state index contributed by atoms with van der Waals surface area (Å²) in [5.74, 6) is -1.18. The molecule has 0 aromatic heterocycles. The number of carbonyl (C=O) groups is 2. The molecule has 220 valence electrons. The Hall–Kier alpha value is -3.34. The Morgan fingerprint density at radius 2 is 1.59 bits per heavy atom. The van der Waals surface area contributed by atoms with Crippen LogP contribution in [0, 0.1) is 5.82 Å². The zero-order valence-electron chi connectivity index (χ0n) is 23.1. The maximum Gasteiger partial charge on any atom is 0.264 e. The summed E-state index contributed by atoms with van der Waals surface area (Å²) in [5.41, 5.74) is 0.655. The molecule has 3 aromatic rings. The molecule has 0 unspecified atom stereocenters. The largest absolute Gasteiger partial charge is 0.494 e. The summed E-state index contributed by atoms with van der Waals surface area (Å²) in [4.78, 5) is 28.0. The smallest absolute Gasteiger partial charge is 0.264 e. The van der Waals surface area contributed by atoms with E-state index in [9.17, 15) is 22.4 Å². The van der Waals surface area contributed by atoms with Crippen molar-refractivity contribution in [1.29, 1.82) is 0 Å². The third-order valence-corrected chi connectivity index (χ3v) is 8.58. The van der Waals surface area contributed by atoms with Crippen LogP contribution in [-0.2, 0) is 26.2 Å². The Balaban J connectivity index is 2.03. The van der Waals surface area contributed by atoms with E-state index >= 15 is 0 Å². The summed E-state index contributed by atoms with van der Waals surface area (Å²) >= 11 is 12.2. The van der Waals surface area contributed by atoms with Crippen LogP contribution in [0.2, 0.25) is 10.0 Å². The van der Waals surface area contributed by atoms with E-state index in [-0.39, 0.29) is 28.2 Å². The summed E-state index contributed by atoms with van der Waals surface area (Å²) in [6.45, 7) is 6.62. The summed E-state index contributed by atoms with van der Waals surface area (Å²) in [5, 5.41) is 3.37. The van der Waals surface area contributed by atoms with Gasteiger partial charge in [-0.05, 0) is 93.9 Å². The van der Waals surface area contributed by atoms with E-state index in [4.69, 9.17) is 27.9 Å². The zero-order valence-corrected chi connectivity index (χ0v) is 25.4. The van der Waals surface area contributed by atoms with E-state index in [0.29, 0.717) is 22.9 Å². The van der Waals surface area contributed by atoms with Gasteiger partial charge in [0.15, 0.2) is 0 Å². The van der Waals surface area contributed by atoms with Gasteiger partial charge in [-0.3, -0.25) is 13.9 Å². The van der Waals surface area contributed by atoms with Crippen molar-refractivity contribution in [2.45, 2.75) is 51.2 Å². The number of carbonyl (C=O) groups excluding carboxylic acids is 2. The highest BCUT2D eigenvalue weighted by Gasteiger charge is 2.33. The fraction of sp³-hybridized carbons (Fsp3) is 0.310. The van der Waals surface area contributed by atoms with Crippen LogP contribution in [0.1, 0.15) is 33.3 Å². The first-order valence-corrected chi connectivity index (χ1v) is 15.1. The predicted molar refractivity (Wildman–Crippen MR) is 158 cm³/mol. The molecule has 3 rings (SSSR count). The molecule has 0 aliphatic heterocycles. The van der Waals surface area contributed by atoms with Crippen LogP contribution in [0.4, 0.5) is 10.1 Å². The van der Waals surface area contributed by atoms with Crippen LogP contribution in [0.25, 0.3) is 0 Å². The van der Waals surface area contributed by atoms with Crippen molar-refractivity contribution in [3.63, 3.8) is 0 Å². The number of nitrogens with zero attached hydrogens (tertiary/aromatic N) is 2. The fourth-order valence-corrected chi connectivity index (χ4v) is 5.70. The number of sulfonamides is 1. The average molecular weight is 625 g/mol. The topological polar surface area (TPSA) is 96.0 Å². The van der Waals surface area contributed by atoms with Gasteiger partial charge in [-0.25, -0.2) is 12.8 Å². The molecule has 0 aliphatic carbocycles. The van der Waals surface area contributed by atoms with Gasteiger partial charge in [0.25, 0.3) is 10.0 Å². The van der Waals surface area contributed by atoms with E-state index in [1.54, 1.807) is 45.9 Å². The second-order valence-corrected chi connectivity index (χ2v) is 12.2. The average Bonchev–Trinajstić information content (AvgIpc) is 2.92. The lowest BCUT2D eigenvalue weighted by atomic mass is 10.1. The van der Waals surface area contributed by atoms with E-state index in [0.717, 1.165) is 16.4 Å². The van der Waals surface area contributed by atoms with Crippen molar-refractivity contribution in [2.75, 3.05) is 17.5 Å². The number of halogens is 3. The molecule has 3 aromatic carbocycles. The summed E-state index contributed by atoms with van der Waals surface area (Å²) in [6, 6.07) is 14.2. The molecular formula is C29H32Cl2FN3O5S. The van der Waals surface area contributed by atoms with Crippen LogP contribution in [0.3, 0.4) is 0 Å². The van der Waals surface area contributed by atoms with E-state index in [1.807, 2.05) is 0 Å². The lowest BCUT2D eigenvalue weighted by Gasteiger charge is -2.32. The standard InChI is InChI=1S/C29H32Cl2FN3O5S/c1-5-40-24-11-13-25(14-12-24)41(38,39)35(23-9-7-22(32)8-10-23)18-28(36)34(20(4)29(37)33-19(2)3)17-21-6-15-26(30)27(31)16-21/h6-16,19-20H,5,17-18H2,1-4H3,(H,33,37)/t20-/m1/s1. The number of hydrogen-bond donors (Lipinski definition) is 1. The molecule has 0 bridgehead atoms. The Morgan fingerprint density at radius 3 is 2.15 bits per heavy atom. The first-order valence-electron chi connectivity index (χ1n) is 12.9. The predicted octanol–water partition coefficient (Wildman–Crippen LogP) is 5.67. The minimum absolute atomic E-state index is 0.0528. The minimum Gasteiger partial charge on any atom is -0.494 e. The normalized spacial score (nSPS) is 12.1. The second kappa shape index (κ2) is 14.0. The Labute approximate surface area is 250 Å². The molecule has 1 N–H and O–H groups in total. The molecule has 0 spiro atoms. The molecule has 2 amide bonds. The van der Waals surface area contributed by atoms with Crippen molar-refractivity contribution in [2.24, 2.45) is 0 Å². The van der Waals surface area contributed by atoms with Crippen molar-refractivity contribution in [3.8, 4) is 5.75 Å². The zero-order chi connectivity index (χ0) is 30.3. The minimum atomic E-state index is -4.31. The van der Waals surface area contributed by atoms with Gasteiger partial charge in [-0.2, -0.15) is 0 Å². The van der Waals surface area contributed by atoms with Gasteiger partial charge in [-0.15, -0.1) is 0 Å². The maximum absolute atomic E-state index is 13.9. The van der Waals surface area contributed by atoms with Gasteiger partial charge in [0.2, 0.25) is 11.8 Å². The van der Waals surface area contributed by atoms with Crippen molar-refractivity contribution < 1.29 is 27.1 Å². The number of hydrogen-bond acceptors (Lipinski definition) is 5. The number of benzene rings is 3. The summed E-state index contributed by atoms with van der Waals surface area (Å²) < 4.78 is 47.7. The lowest BCUT2D eigenvalue weighted by molar-refractivity contribution is -0.139. The van der Waals surface area contributed by atoms with E-state index in [2.05, 4.69) is 5.32 Å². The van der Waals surface area contributed by atoms with E-state index < -0.39 is 40.2 Å². The first kappa shape index (κ1) is 32.2. The van der Waals surface area contributed by atoms with Crippen LogP contribution < -0.4 is 14.4 Å². The molecule has 0 aliphatic rings. The first-order chi connectivity index (χ1) is 19.3. The van der Waals surface area contributed by atoms with Crippen LogP contribution in [-0.4, -0.2) is 50.4 Å². The van der Waals surface area contributed by atoms with Gasteiger partial charge in [0, 0.05) is 12.6 Å². The number of rotatable bonds is 12. The highest BCUT2D eigenvalue weighted by Crippen LogP contribution is 2.27. The maximum atomic E-state index is 13.9. The summed E-state index contributed by atoms with van der Waals surface area (Å²) in [6.07, 6.45) is 0. The van der Waals surface area contributed by atoms with Gasteiger partial charge < -0.3 is 15.0 Å². The van der Waals surface area contributed by atoms with E-state index in [1.165, 1.54) is 41.3 Å². The SMILES string of the molecule is CCOc1ccc(S(=O)(=O)N(CC(=O)N(Cc2ccc(Cl)c(Cl)c2)[C@H](C)C(=O)NC(C)C)c2ccc(F)cc2)cc1. The monoisotopic (exact) mass is 623 g/mol. The molecule has 0 radical (unpaired) electrons. The Morgan fingerprint density at radius 1 is 0.951 bits per heavy atom. The van der Waals surface area contributed by atoms with Gasteiger partial charge >= 0.3 is 0 Å². The van der Waals surface area contributed by atoms with Gasteiger partial charge in [0.05, 0.1) is 27.2 Å². The lowest BCUT2D eigenvalue weighted by Crippen LogP contribution is -2.52. The Kier molecular flexibility index (Phi) is 11.0. The van der Waals surface area contributed by atoms with Crippen LogP contribution in [0.5, 0.6) is 5.75 Å². The molecule has 12 heteroatoms. The van der Waals surface area contributed by atoms with Crippen LogP contribution in [0.15, 0.2) is 71.6 Å². The number of nitrogens with one attached hydrogen (secondary N) is 1.